The number of rotatable bonds is 7. The summed E-state index contributed by atoms with van der Waals surface area (Å²) in [5, 5.41) is 2.23. The van der Waals surface area contributed by atoms with Crippen LogP contribution in [0.3, 0.4) is 0 Å². The summed E-state index contributed by atoms with van der Waals surface area (Å²) in [6.07, 6.45) is -0.308. The Labute approximate surface area is 104 Å². The van der Waals surface area contributed by atoms with Crippen molar-refractivity contribution in [1.29, 1.82) is 0 Å². The Morgan fingerprint density at radius 3 is 2.17 bits per heavy atom. The van der Waals surface area contributed by atoms with Crippen LogP contribution in [0.4, 0.5) is 0 Å². The molecular formula is C9H17N5O4. The van der Waals surface area contributed by atoms with Crippen LogP contribution in [0.1, 0.15) is 6.42 Å². The molecule has 9 heteroatoms. The lowest BCUT2D eigenvalue weighted by atomic mass is 10.2. The number of hydrogen-bond acceptors (Lipinski definition) is 5. The Kier molecular flexibility index (Phi) is 6.35. The highest BCUT2D eigenvalue weighted by atomic mass is 16.2. The molecule has 0 aliphatic heterocycles. The van der Waals surface area contributed by atoms with Crippen molar-refractivity contribution < 1.29 is 19.2 Å². The first-order chi connectivity index (χ1) is 8.23. The summed E-state index contributed by atoms with van der Waals surface area (Å²) < 4.78 is 0. The van der Waals surface area contributed by atoms with Crippen LogP contribution in [0.2, 0.25) is 0 Å². The predicted molar refractivity (Wildman–Crippen MR) is 61.6 cm³/mol. The summed E-state index contributed by atoms with van der Waals surface area (Å²) >= 11 is 0. The van der Waals surface area contributed by atoms with Crippen molar-refractivity contribution in [3.05, 3.63) is 0 Å². The molecule has 9 nitrogen and oxygen atoms in total. The van der Waals surface area contributed by atoms with E-state index in [1.807, 2.05) is 0 Å². The molecule has 0 radical (unpaired) electrons. The zero-order valence-corrected chi connectivity index (χ0v) is 10.0. The minimum atomic E-state index is -1.10. The molecule has 0 aliphatic carbocycles. The predicted octanol–water partition coefficient (Wildman–Crippen LogP) is -3.75. The van der Waals surface area contributed by atoms with Crippen LogP contribution in [-0.2, 0) is 19.2 Å². The Hall–Kier alpha value is -2.16. The zero-order chi connectivity index (χ0) is 14.3. The van der Waals surface area contributed by atoms with Gasteiger partial charge in [-0.1, -0.05) is 0 Å². The number of primary amides is 2. The van der Waals surface area contributed by atoms with E-state index < -0.39 is 29.7 Å². The molecule has 0 spiro atoms. The fourth-order valence-corrected chi connectivity index (χ4v) is 1.06. The van der Waals surface area contributed by atoms with Gasteiger partial charge in [0.1, 0.15) is 0 Å². The van der Waals surface area contributed by atoms with Gasteiger partial charge in [0.25, 0.3) is 0 Å². The number of nitrogens with one attached hydrogen (secondary N) is 1. The van der Waals surface area contributed by atoms with Crippen molar-refractivity contribution in [1.82, 2.24) is 10.2 Å². The Morgan fingerprint density at radius 2 is 1.72 bits per heavy atom. The number of nitrogens with zero attached hydrogens (tertiary/aromatic N) is 1. The smallest absolute Gasteiger partial charge is 0.242 e. The number of nitrogens with two attached hydrogens (primary N) is 3. The van der Waals surface area contributed by atoms with Gasteiger partial charge in [-0.05, 0) is 0 Å². The zero-order valence-electron chi connectivity index (χ0n) is 10.0. The lowest BCUT2D eigenvalue weighted by molar-refractivity contribution is -0.134. The van der Waals surface area contributed by atoms with Crippen LogP contribution in [0.25, 0.3) is 0 Å². The summed E-state index contributed by atoms with van der Waals surface area (Å²) in [5.41, 5.74) is 15.1. The number of carbonyl (C=O) groups excluding carboxylic acids is 4. The van der Waals surface area contributed by atoms with Gasteiger partial charge in [-0.15, -0.1) is 0 Å². The molecule has 0 saturated heterocycles. The molecule has 0 saturated carbocycles. The van der Waals surface area contributed by atoms with Crippen LogP contribution < -0.4 is 22.5 Å². The van der Waals surface area contributed by atoms with Crippen molar-refractivity contribution in [3.8, 4) is 0 Å². The molecular weight excluding hydrogens is 242 g/mol. The third-order valence-electron chi connectivity index (χ3n) is 1.99. The molecule has 102 valence electrons. The highest BCUT2D eigenvalue weighted by molar-refractivity contribution is 5.91. The molecule has 0 heterocycles. The first-order valence-electron chi connectivity index (χ1n) is 5.08. The second kappa shape index (κ2) is 7.22. The lowest BCUT2D eigenvalue weighted by Crippen LogP contribution is -2.47. The van der Waals surface area contributed by atoms with Gasteiger partial charge < -0.3 is 27.4 Å². The Morgan fingerprint density at radius 1 is 1.17 bits per heavy atom. The monoisotopic (exact) mass is 259 g/mol. The summed E-state index contributed by atoms with van der Waals surface area (Å²) in [7, 11) is 1.36. The molecule has 0 bridgehead atoms. The average molecular weight is 259 g/mol. The number of amides is 4. The summed E-state index contributed by atoms with van der Waals surface area (Å²) in [4.78, 5) is 44.8. The topological polar surface area (TPSA) is 162 Å². The van der Waals surface area contributed by atoms with Crippen LogP contribution >= 0.6 is 0 Å². The maximum Gasteiger partial charge on any atom is 0.242 e. The lowest BCUT2D eigenvalue weighted by Gasteiger charge is -2.16. The van der Waals surface area contributed by atoms with E-state index in [9.17, 15) is 19.2 Å². The molecule has 0 aromatic carbocycles. The largest absolute Gasteiger partial charge is 0.370 e. The van der Waals surface area contributed by atoms with Crippen molar-refractivity contribution in [2.24, 2.45) is 17.2 Å². The minimum absolute atomic E-state index is 0.248. The molecule has 1 atom stereocenters. The maximum absolute atomic E-state index is 11.4. The van der Waals surface area contributed by atoms with Gasteiger partial charge in [-0.3, -0.25) is 19.2 Å². The van der Waals surface area contributed by atoms with Crippen LogP contribution in [0.15, 0.2) is 0 Å². The molecule has 4 amide bonds. The third kappa shape index (κ3) is 6.43. The van der Waals surface area contributed by atoms with E-state index in [2.05, 4.69) is 5.32 Å². The third-order valence-corrected chi connectivity index (χ3v) is 1.99. The van der Waals surface area contributed by atoms with Gasteiger partial charge in [0, 0.05) is 7.05 Å². The molecule has 0 fully saturated rings. The van der Waals surface area contributed by atoms with Gasteiger partial charge in [0.15, 0.2) is 0 Å². The van der Waals surface area contributed by atoms with E-state index >= 15 is 0 Å². The second-order valence-electron chi connectivity index (χ2n) is 3.71. The van der Waals surface area contributed by atoms with E-state index in [1.165, 1.54) is 7.05 Å². The minimum Gasteiger partial charge on any atom is -0.370 e. The first kappa shape index (κ1) is 15.8. The molecule has 7 N–H and O–H groups in total. The van der Waals surface area contributed by atoms with Gasteiger partial charge >= 0.3 is 0 Å². The Bertz CT molecular complexity index is 323. The van der Waals surface area contributed by atoms with Crippen molar-refractivity contribution >= 4 is 23.6 Å². The van der Waals surface area contributed by atoms with Crippen LogP contribution in [0.5, 0.6) is 0 Å². The molecule has 0 aromatic rings. The molecule has 0 rings (SSSR count). The fraction of sp³-hybridized carbons (Fsp3) is 0.556. The van der Waals surface area contributed by atoms with Crippen molar-refractivity contribution in [2.45, 2.75) is 12.5 Å². The standard InChI is InChI=1S/C9H17N5O4/c1-14(4-7(12)16)8(17)3-13-9(18)5(10)2-6(11)15/h5H,2-4,10H2,1H3,(H2,11,15)(H2,12,16)(H,13,18). The van der Waals surface area contributed by atoms with Crippen molar-refractivity contribution in [3.63, 3.8) is 0 Å². The van der Waals surface area contributed by atoms with E-state index in [0.29, 0.717) is 0 Å². The fourth-order valence-electron chi connectivity index (χ4n) is 1.06. The highest BCUT2D eigenvalue weighted by Crippen LogP contribution is 1.88. The number of carbonyl (C=O) groups is 4. The molecule has 18 heavy (non-hydrogen) atoms. The summed E-state index contributed by atoms with van der Waals surface area (Å²) in [6, 6.07) is -1.10. The van der Waals surface area contributed by atoms with E-state index in [0.717, 1.165) is 4.90 Å². The van der Waals surface area contributed by atoms with Gasteiger partial charge in [0.2, 0.25) is 23.6 Å². The van der Waals surface area contributed by atoms with Gasteiger partial charge in [-0.2, -0.15) is 0 Å². The summed E-state index contributed by atoms with van der Waals surface area (Å²) in [5.74, 6) is -2.56. The van der Waals surface area contributed by atoms with Crippen molar-refractivity contribution in [2.75, 3.05) is 20.1 Å². The summed E-state index contributed by atoms with van der Waals surface area (Å²) in [6.45, 7) is -0.586. The molecule has 0 aromatic heterocycles. The first-order valence-corrected chi connectivity index (χ1v) is 5.08. The maximum atomic E-state index is 11.4. The SMILES string of the molecule is CN(CC(N)=O)C(=O)CNC(=O)C(N)CC(N)=O. The number of hydrogen-bond donors (Lipinski definition) is 4. The van der Waals surface area contributed by atoms with E-state index in [4.69, 9.17) is 17.2 Å². The van der Waals surface area contributed by atoms with Crippen LogP contribution in [0, 0.1) is 0 Å². The normalized spacial score (nSPS) is 11.4. The van der Waals surface area contributed by atoms with E-state index in [1.54, 1.807) is 0 Å². The molecule has 0 aliphatic rings. The highest BCUT2D eigenvalue weighted by Gasteiger charge is 2.18. The van der Waals surface area contributed by atoms with E-state index in [-0.39, 0.29) is 19.5 Å². The Balaban J connectivity index is 4.08. The molecule has 1 unspecified atom stereocenters. The second-order valence-corrected chi connectivity index (χ2v) is 3.71. The number of likely N-dealkylation sites (N-methyl/N-ethyl adjacent to an activating group) is 1. The van der Waals surface area contributed by atoms with Gasteiger partial charge in [0.05, 0.1) is 25.6 Å². The van der Waals surface area contributed by atoms with Gasteiger partial charge in [-0.25, -0.2) is 0 Å². The van der Waals surface area contributed by atoms with Crippen LogP contribution in [-0.4, -0.2) is 54.7 Å². The average Bonchev–Trinajstić information content (AvgIpc) is 2.23. The quantitative estimate of drug-likeness (QED) is 0.368.